The van der Waals surface area contributed by atoms with Crippen molar-refractivity contribution in [3.63, 3.8) is 0 Å². The largest absolute Gasteiger partial charge is 0.368 e. The summed E-state index contributed by atoms with van der Waals surface area (Å²) >= 11 is 6.14. The molecule has 1 saturated heterocycles. The summed E-state index contributed by atoms with van der Waals surface area (Å²) in [7, 11) is 0. The van der Waals surface area contributed by atoms with Gasteiger partial charge in [0.25, 0.3) is 0 Å². The highest BCUT2D eigenvalue weighted by atomic mass is 35.5. The van der Waals surface area contributed by atoms with Gasteiger partial charge in [-0.05, 0) is 31.0 Å². The van der Waals surface area contributed by atoms with E-state index < -0.39 is 0 Å². The Morgan fingerprint density at radius 3 is 3.09 bits per heavy atom. The van der Waals surface area contributed by atoms with Crippen LogP contribution in [0.25, 0.3) is 10.9 Å². The van der Waals surface area contributed by atoms with Crippen LogP contribution in [0.5, 0.6) is 0 Å². The molecule has 118 valence electrons. The summed E-state index contributed by atoms with van der Waals surface area (Å²) in [5, 5.41) is 13.9. The number of nitriles is 1. The van der Waals surface area contributed by atoms with Gasteiger partial charge < -0.3 is 10.2 Å². The zero-order chi connectivity index (χ0) is 16.4. The van der Waals surface area contributed by atoms with Crippen LogP contribution in [0.1, 0.15) is 25.3 Å². The minimum absolute atomic E-state index is 0.0278. The second-order valence-corrected chi connectivity index (χ2v) is 6.22. The number of piperidine rings is 1. The maximum atomic E-state index is 11.3. The van der Waals surface area contributed by atoms with Crippen molar-refractivity contribution in [1.82, 2.24) is 10.3 Å². The van der Waals surface area contributed by atoms with Crippen molar-refractivity contribution in [2.24, 2.45) is 0 Å². The van der Waals surface area contributed by atoms with Gasteiger partial charge >= 0.3 is 0 Å². The Morgan fingerprint density at radius 1 is 1.52 bits per heavy atom. The van der Waals surface area contributed by atoms with Gasteiger partial charge in [0, 0.05) is 42.7 Å². The van der Waals surface area contributed by atoms with E-state index in [4.69, 9.17) is 11.6 Å². The van der Waals surface area contributed by atoms with E-state index in [0.717, 1.165) is 36.0 Å². The Labute approximate surface area is 139 Å². The van der Waals surface area contributed by atoms with E-state index in [0.29, 0.717) is 17.1 Å². The van der Waals surface area contributed by atoms with Gasteiger partial charge in [-0.3, -0.25) is 9.78 Å². The second kappa shape index (κ2) is 6.43. The number of carbonyl (C=O) groups is 1. The fraction of sp³-hybridized carbons (Fsp3) is 0.353. The van der Waals surface area contributed by atoms with Crippen molar-refractivity contribution < 1.29 is 4.79 Å². The molecule has 0 spiro atoms. The number of nitrogens with one attached hydrogen (secondary N) is 1. The average molecular weight is 329 g/mol. The van der Waals surface area contributed by atoms with Gasteiger partial charge in [-0.1, -0.05) is 11.6 Å². The standard InChI is InChI=1S/C17H17ClN4O/c1-11(23)21-14-3-2-6-22(10-14)17-12(8-19)9-20-16-5-4-13(18)7-15(16)17/h4-5,7,9,14H,2-3,6,10H2,1H3,(H,21,23)/t14-/m0/s1. The van der Waals surface area contributed by atoms with Crippen molar-refractivity contribution >= 4 is 34.1 Å². The molecule has 1 aliphatic rings. The maximum Gasteiger partial charge on any atom is 0.217 e. The van der Waals surface area contributed by atoms with E-state index in [2.05, 4.69) is 21.3 Å². The third-order valence-corrected chi connectivity index (χ3v) is 4.30. The molecule has 1 fully saturated rings. The number of amides is 1. The van der Waals surface area contributed by atoms with E-state index in [1.54, 1.807) is 12.3 Å². The van der Waals surface area contributed by atoms with Gasteiger partial charge in [-0.25, -0.2) is 0 Å². The molecule has 6 heteroatoms. The first-order chi connectivity index (χ1) is 11.1. The molecule has 2 heterocycles. The third-order valence-electron chi connectivity index (χ3n) is 4.07. The Morgan fingerprint density at radius 2 is 2.35 bits per heavy atom. The molecule has 0 saturated carbocycles. The minimum Gasteiger partial charge on any atom is -0.368 e. The Kier molecular flexibility index (Phi) is 4.35. The topological polar surface area (TPSA) is 69.0 Å². The van der Waals surface area contributed by atoms with Crippen LogP contribution in [0.4, 0.5) is 5.69 Å². The van der Waals surface area contributed by atoms with Gasteiger partial charge in [0.1, 0.15) is 6.07 Å². The number of hydrogen-bond donors (Lipinski definition) is 1. The molecule has 0 bridgehead atoms. The molecule has 3 rings (SSSR count). The van der Waals surface area contributed by atoms with Crippen LogP contribution in [0, 0.1) is 11.3 Å². The van der Waals surface area contributed by atoms with Crippen LogP contribution in [-0.4, -0.2) is 30.0 Å². The van der Waals surface area contributed by atoms with Gasteiger partial charge in [-0.2, -0.15) is 5.26 Å². The van der Waals surface area contributed by atoms with E-state index in [1.807, 2.05) is 12.1 Å². The molecule has 0 aliphatic carbocycles. The monoisotopic (exact) mass is 328 g/mol. The first kappa shape index (κ1) is 15.6. The summed E-state index contributed by atoms with van der Waals surface area (Å²) in [6.45, 7) is 3.05. The minimum atomic E-state index is -0.0278. The summed E-state index contributed by atoms with van der Waals surface area (Å²) in [6, 6.07) is 7.82. The lowest BCUT2D eigenvalue weighted by molar-refractivity contribution is -0.119. The fourth-order valence-electron chi connectivity index (χ4n) is 3.16. The van der Waals surface area contributed by atoms with Gasteiger partial charge in [0.2, 0.25) is 5.91 Å². The number of fused-ring (bicyclic) bond motifs is 1. The fourth-order valence-corrected chi connectivity index (χ4v) is 3.33. The predicted molar refractivity (Wildman–Crippen MR) is 90.5 cm³/mol. The Balaban J connectivity index is 2.05. The molecular weight excluding hydrogens is 312 g/mol. The number of aromatic nitrogens is 1. The number of carbonyl (C=O) groups excluding carboxylic acids is 1. The molecule has 1 N–H and O–H groups in total. The lowest BCUT2D eigenvalue weighted by Gasteiger charge is -2.35. The highest BCUT2D eigenvalue weighted by Crippen LogP contribution is 2.33. The van der Waals surface area contributed by atoms with Crippen LogP contribution in [-0.2, 0) is 4.79 Å². The number of rotatable bonds is 2. The van der Waals surface area contributed by atoms with E-state index >= 15 is 0 Å². The van der Waals surface area contributed by atoms with E-state index in [1.165, 1.54) is 6.92 Å². The van der Waals surface area contributed by atoms with Crippen LogP contribution in [0.2, 0.25) is 5.02 Å². The van der Waals surface area contributed by atoms with Crippen molar-refractivity contribution in [3.05, 3.63) is 35.0 Å². The smallest absolute Gasteiger partial charge is 0.217 e. The van der Waals surface area contributed by atoms with E-state index in [-0.39, 0.29) is 11.9 Å². The molecule has 1 aromatic carbocycles. The SMILES string of the molecule is CC(=O)N[C@H]1CCCN(c2c(C#N)cnc3ccc(Cl)cc23)C1. The highest BCUT2D eigenvalue weighted by molar-refractivity contribution is 6.31. The first-order valence-electron chi connectivity index (χ1n) is 7.59. The van der Waals surface area contributed by atoms with Crippen molar-refractivity contribution in [1.29, 1.82) is 5.26 Å². The summed E-state index contributed by atoms with van der Waals surface area (Å²) in [5.74, 6) is -0.0278. The van der Waals surface area contributed by atoms with Crippen molar-refractivity contribution in [3.8, 4) is 6.07 Å². The Bertz CT molecular complexity index is 799. The normalized spacial score (nSPS) is 17.8. The Hall–Kier alpha value is -2.32. The number of anilines is 1. The lowest BCUT2D eigenvalue weighted by atomic mass is 10.0. The highest BCUT2D eigenvalue weighted by Gasteiger charge is 2.24. The predicted octanol–water partition coefficient (Wildman–Crippen LogP) is 2.86. The molecule has 5 nitrogen and oxygen atoms in total. The number of benzene rings is 1. The maximum absolute atomic E-state index is 11.3. The zero-order valence-electron chi connectivity index (χ0n) is 12.8. The molecule has 1 amide bonds. The number of hydrogen-bond acceptors (Lipinski definition) is 4. The third kappa shape index (κ3) is 3.22. The molecule has 23 heavy (non-hydrogen) atoms. The summed E-state index contributed by atoms with van der Waals surface area (Å²) in [6.07, 6.45) is 3.51. The molecule has 1 aromatic heterocycles. The first-order valence-corrected chi connectivity index (χ1v) is 7.96. The number of halogens is 1. The van der Waals surface area contributed by atoms with E-state index in [9.17, 15) is 10.1 Å². The van der Waals surface area contributed by atoms with Crippen LogP contribution in [0.3, 0.4) is 0 Å². The van der Waals surface area contributed by atoms with Crippen LogP contribution < -0.4 is 10.2 Å². The van der Waals surface area contributed by atoms with Gasteiger partial charge in [0.05, 0.1) is 16.8 Å². The molecule has 0 radical (unpaired) electrons. The van der Waals surface area contributed by atoms with Crippen LogP contribution in [0.15, 0.2) is 24.4 Å². The lowest BCUT2D eigenvalue weighted by Crippen LogP contribution is -2.47. The quantitative estimate of drug-likeness (QED) is 0.920. The van der Waals surface area contributed by atoms with Crippen molar-refractivity contribution in [2.75, 3.05) is 18.0 Å². The van der Waals surface area contributed by atoms with Crippen molar-refractivity contribution in [2.45, 2.75) is 25.8 Å². The number of pyridine rings is 1. The van der Waals surface area contributed by atoms with Gasteiger partial charge in [-0.15, -0.1) is 0 Å². The second-order valence-electron chi connectivity index (χ2n) is 5.78. The zero-order valence-corrected chi connectivity index (χ0v) is 13.6. The molecule has 1 aliphatic heterocycles. The summed E-state index contributed by atoms with van der Waals surface area (Å²) < 4.78 is 0. The summed E-state index contributed by atoms with van der Waals surface area (Å²) in [4.78, 5) is 17.8. The molecule has 0 unspecified atom stereocenters. The molecule has 2 aromatic rings. The molecule has 1 atom stereocenters. The van der Waals surface area contributed by atoms with Crippen LogP contribution >= 0.6 is 11.6 Å². The average Bonchev–Trinajstić information content (AvgIpc) is 2.53. The van der Waals surface area contributed by atoms with Gasteiger partial charge in [0.15, 0.2) is 0 Å². The molecular formula is C17H17ClN4O. The number of nitrogens with zero attached hydrogens (tertiary/aromatic N) is 3. The summed E-state index contributed by atoms with van der Waals surface area (Å²) in [5.41, 5.74) is 2.20.